The lowest BCUT2D eigenvalue weighted by Gasteiger charge is -2.32. The van der Waals surface area contributed by atoms with Crippen molar-refractivity contribution in [1.82, 2.24) is 9.71 Å². The van der Waals surface area contributed by atoms with Gasteiger partial charge in [-0.3, -0.25) is 4.79 Å². The van der Waals surface area contributed by atoms with E-state index in [1.165, 1.54) is 22.7 Å². The Hall–Kier alpha value is -1.49. The highest BCUT2D eigenvalue weighted by Crippen LogP contribution is 2.26. The maximum absolute atomic E-state index is 12.2. The lowest BCUT2D eigenvalue weighted by Crippen LogP contribution is -2.40. The molecule has 0 unspecified atom stereocenters. The molecule has 1 saturated heterocycles. The molecule has 2 aromatic heterocycles. The third kappa shape index (κ3) is 3.94. The second-order valence-electron chi connectivity index (χ2n) is 5.62. The van der Waals surface area contributed by atoms with E-state index in [4.69, 9.17) is 5.73 Å². The number of primary amides is 1. The van der Waals surface area contributed by atoms with E-state index in [0.29, 0.717) is 17.3 Å². The Morgan fingerprint density at radius 2 is 2.29 bits per heavy atom. The van der Waals surface area contributed by atoms with Crippen LogP contribution in [0, 0.1) is 5.92 Å². The Kier molecular flexibility index (Phi) is 5.18. The molecule has 24 heavy (non-hydrogen) atoms. The van der Waals surface area contributed by atoms with Crippen molar-refractivity contribution in [3.05, 3.63) is 28.6 Å². The van der Waals surface area contributed by atoms with E-state index >= 15 is 0 Å². The Morgan fingerprint density at radius 3 is 2.96 bits per heavy atom. The number of carbonyl (C=O) groups excluding carboxylic acids is 1. The third-order valence-corrected chi connectivity index (χ3v) is 7.58. The zero-order valence-electron chi connectivity index (χ0n) is 12.8. The highest BCUT2D eigenvalue weighted by atomic mass is 32.2. The van der Waals surface area contributed by atoms with Gasteiger partial charge in [0.2, 0.25) is 10.0 Å². The molecule has 0 aliphatic carbocycles. The number of amides is 1. The average molecular weight is 387 g/mol. The summed E-state index contributed by atoms with van der Waals surface area (Å²) in [7, 11) is -3.43. The minimum Gasteiger partial charge on any atom is -0.364 e. The minimum atomic E-state index is -3.43. The molecule has 130 valence electrons. The molecule has 1 atom stereocenters. The van der Waals surface area contributed by atoms with Crippen LogP contribution in [0.4, 0.5) is 5.13 Å². The van der Waals surface area contributed by atoms with Crippen molar-refractivity contribution >= 4 is 43.7 Å². The monoisotopic (exact) mass is 386 g/mol. The fraction of sp³-hybridized carbons (Fsp3) is 0.429. The molecule has 3 rings (SSSR count). The number of thiophene rings is 1. The van der Waals surface area contributed by atoms with Gasteiger partial charge in [-0.2, -0.15) is 0 Å². The molecule has 1 amide bonds. The number of thiazole rings is 1. The van der Waals surface area contributed by atoms with Crippen LogP contribution in [-0.4, -0.2) is 38.9 Å². The Morgan fingerprint density at radius 1 is 1.46 bits per heavy atom. The lowest BCUT2D eigenvalue weighted by molar-refractivity contribution is 0.0996. The number of anilines is 1. The van der Waals surface area contributed by atoms with Crippen LogP contribution in [-0.2, 0) is 10.0 Å². The maximum Gasteiger partial charge on any atom is 0.268 e. The van der Waals surface area contributed by atoms with E-state index in [0.717, 1.165) is 24.5 Å². The van der Waals surface area contributed by atoms with Crippen molar-refractivity contribution in [2.24, 2.45) is 11.7 Å². The van der Waals surface area contributed by atoms with E-state index in [2.05, 4.69) is 14.6 Å². The third-order valence-electron chi connectivity index (χ3n) is 3.86. The highest BCUT2D eigenvalue weighted by molar-refractivity contribution is 7.91. The summed E-state index contributed by atoms with van der Waals surface area (Å²) in [4.78, 5) is 17.5. The molecule has 1 fully saturated rings. The molecule has 0 aromatic carbocycles. The molecule has 10 heteroatoms. The van der Waals surface area contributed by atoms with Crippen molar-refractivity contribution in [1.29, 1.82) is 0 Å². The molecule has 0 bridgehead atoms. The fourth-order valence-corrected chi connectivity index (χ4v) is 5.65. The Balaban J connectivity index is 1.60. The summed E-state index contributed by atoms with van der Waals surface area (Å²) >= 11 is 2.59. The van der Waals surface area contributed by atoms with Gasteiger partial charge in [0, 0.05) is 25.0 Å². The molecule has 0 radical (unpaired) electrons. The largest absolute Gasteiger partial charge is 0.364 e. The van der Waals surface area contributed by atoms with Gasteiger partial charge in [-0.15, -0.1) is 22.7 Å². The number of nitrogens with zero attached hydrogens (tertiary/aromatic N) is 2. The van der Waals surface area contributed by atoms with Gasteiger partial charge in [-0.05, 0) is 30.2 Å². The predicted molar refractivity (Wildman–Crippen MR) is 95.1 cm³/mol. The number of carbonyl (C=O) groups is 1. The normalized spacial score (nSPS) is 18.7. The standard InChI is InChI=1S/C14H18N4O3S3/c15-13(19)11-9-23-14(17-11)18-5-1-3-10(8-18)7-16-24(20,21)12-4-2-6-22-12/h2,4,6,9-10,16H,1,3,5,7-8H2,(H2,15,19)/t10-/m0/s1. The molecule has 3 N–H and O–H groups in total. The van der Waals surface area contributed by atoms with Gasteiger partial charge >= 0.3 is 0 Å². The second kappa shape index (κ2) is 7.18. The number of hydrogen-bond donors (Lipinski definition) is 2. The van der Waals surface area contributed by atoms with Crippen LogP contribution in [0.25, 0.3) is 0 Å². The minimum absolute atomic E-state index is 0.203. The number of hydrogen-bond acceptors (Lipinski definition) is 7. The van der Waals surface area contributed by atoms with Crippen LogP contribution in [0.1, 0.15) is 23.3 Å². The smallest absolute Gasteiger partial charge is 0.268 e. The van der Waals surface area contributed by atoms with E-state index in [1.807, 2.05) is 0 Å². The first-order valence-electron chi connectivity index (χ1n) is 7.49. The van der Waals surface area contributed by atoms with Crippen LogP contribution >= 0.6 is 22.7 Å². The summed E-state index contributed by atoms with van der Waals surface area (Å²) in [6.07, 6.45) is 1.91. The summed E-state index contributed by atoms with van der Waals surface area (Å²) in [5.74, 6) is -0.329. The average Bonchev–Trinajstić information content (AvgIpc) is 3.25. The van der Waals surface area contributed by atoms with Gasteiger partial charge in [0.1, 0.15) is 9.90 Å². The number of rotatable bonds is 6. The van der Waals surface area contributed by atoms with E-state index in [9.17, 15) is 13.2 Å². The molecule has 1 aliphatic rings. The molecule has 3 heterocycles. The molecule has 0 spiro atoms. The summed E-state index contributed by atoms with van der Waals surface area (Å²) in [6.45, 7) is 1.95. The van der Waals surface area contributed by atoms with Crippen molar-refractivity contribution in [3.63, 3.8) is 0 Å². The van der Waals surface area contributed by atoms with Gasteiger partial charge in [-0.25, -0.2) is 18.1 Å². The summed E-state index contributed by atoms with van der Waals surface area (Å²) < 4.78 is 27.4. The van der Waals surface area contributed by atoms with Gasteiger partial charge in [-0.1, -0.05) is 6.07 Å². The van der Waals surface area contributed by atoms with Gasteiger partial charge in [0.15, 0.2) is 5.13 Å². The van der Waals surface area contributed by atoms with E-state index in [-0.39, 0.29) is 11.6 Å². The van der Waals surface area contributed by atoms with E-state index in [1.54, 1.807) is 22.9 Å². The molecular formula is C14H18N4O3S3. The molecule has 7 nitrogen and oxygen atoms in total. The van der Waals surface area contributed by atoms with Crippen LogP contribution in [0.15, 0.2) is 27.1 Å². The maximum atomic E-state index is 12.2. The zero-order chi connectivity index (χ0) is 17.2. The highest BCUT2D eigenvalue weighted by Gasteiger charge is 2.24. The van der Waals surface area contributed by atoms with Crippen molar-refractivity contribution in [3.8, 4) is 0 Å². The van der Waals surface area contributed by atoms with Gasteiger partial charge in [0.05, 0.1) is 0 Å². The first-order chi connectivity index (χ1) is 11.5. The first-order valence-corrected chi connectivity index (χ1v) is 10.7. The topological polar surface area (TPSA) is 105 Å². The Labute approximate surface area is 148 Å². The first kappa shape index (κ1) is 17.3. The predicted octanol–water partition coefficient (Wildman–Crippen LogP) is 1.50. The summed E-state index contributed by atoms with van der Waals surface area (Å²) in [5, 5.41) is 4.16. The summed E-state index contributed by atoms with van der Waals surface area (Å²) in [6, 6.07) is 3.32. The van der Waals surface area contributed by atoms with Gasteiger partial charge < -0.3 is 10.6 Å². The number of piperidine rings is 1. The molecule has 2 aromatic rings. The van der Waals surface area contributed by atoms with Crippen LogP contribution in [0.3, 0.4) is 0 Å². The molecule has 1 aliphatic heterocycles. The summed E-state index contributed by atoms with van der Waals surface area (Å²) in [5.41, 5.74) is 5.51. The Bertz CT molecular complexity index is 801. The number of aromatic nitrogens is 1. The fourth-order valence-electron chi connectivity index (χ4n) is 2.64. The second-order valence-corrected chi connectivity index (χ2v) is 9.40. The van der Waals surface area contributed by atoms with Crippen molar-refractivity contribution < 1.29 is 13.2 Å². The van der Waals surface area contributed by atoms with Crippen LogP contribution in [0.5, 0.6) is 0 Å². The number of nitrogens with two attached hydrogens (primary N) is 1. The molecule has 0 saturated carbocycles. The SMILES string of the molecule is NC(=O)c1csc(N2CCC[C@@H](CNS(=O)(=O)c3cccs3)C2)n1. The van der Waals surface area contributed by atoms with Crippen molar-refractivity contribution in [2.45, 2.75) is 17.1 Å². The van der Waals surface area contributed by atoms with Crippen molar-refractivity contribution in [2.75, 3.05) is 24.5 Å². The van der Waals surface area contributed by atoms with Crippen LogP contribution < -0.4 is 15.4 Å². The quantitative estimate of drug-likeness (QED) is 0.783. The molecular weight excluding hydrogens is 368 g/mol. The van der Waals surface area contributed by atoms with Crippen LogP contribution in [0.2, 0.25) is 0 Å². The lowest BCUT2D eigenvalue weighted by atomic mass is 9.99. The number of nitrogens with one attached hydrogen (secondary N) is 1. The van der Waals surface area contributed by atoms with Gasteiger partial charge in [0.25, 0.3) is 5.91 Å². The number of sulfonamides is 1. The van der Waals surface area contributed by atoms with E-state index < -0.39 is 15.9 Å². The zero-order valence-corrected chi connectivity index (χ0v) is 15.3.